The van der Waals surface area contributed by atoms with Gasteiger partial charge in [-0.05, 0) is 25.0 Å². The van der Waals surface area contributed by atoms with Crippen molar-refractivity contribution >= 4 is 11.6 Å². The summed E-state index contributed by atoms with van der Waals surface area (Å²) in [4.78, 5) is 9.67. The number of aromatic nitrogens is 6. The van der Waals surface area contributed by atoms with Gasteiger partial charge in [0.25, 0.3) is 0 Å². The van der Waals surface area contributed by atoms with Gasteiger partial charge in [-0.25, -0.2) is 9.97 Å². The first-order valence-electron chi connectivity index (χ1n) is 11.3. The number of hydrogen-bond acceptors (Lipinski definition) is 6. The van der Waals surface area contributed by atoms with Crippen molar-refractivity contribution in [3.05, 3.63) is 47.9 Å². The molecule has 0 spiro atoms. The van der Waals surface area contributed by atoms with Crippen LogP contribution in [-0.2, 0) is 13.0 Å². The quantitative estimate of drug-likeness (QED) is 0.511. The second kappa shape index (κ2) is 8.42. The number of rotatable bonds is 5. The Labute approximate surface area is 186 Å². The molecule has 1 fully saturated rings. The summed E-state index contributed by atoms with van der Waals surface area (Å²) in [6.45, 7) is 2.74. The number of nitrogens with two attached hydrogens (primary N) is 1. The molecular weight excluding hydrogens is 400 g/mol. The third kappa shape index (κ3) is 3.50. The maximum absolute atomic E-state index is 9.71. The minimum Gasteiger partial charge on any atom is -0.368 e. The van der Waals surface area contributed by atoms with E-state index in [1.54, 1.807) is 16.8 Å². The summed E-state index contributed by atoms with van der Waals surface area (Å²) in [5, 5.41) is 18.9. The van der Waals surface area contributed by atoms with Gasteiger partial charge in [0.05, 0.1) is 28.6 Å². The van der Waals surface area contributed by atoms with E-state index in [0.717, 1.165) is 29.1 Å². The van der Waals surface area contributed by atoms with Gasteiger partial charge < -0.3 is 5.73 Å². The summed E-state index contributed by atoms with van der Waals surface area (Å²) in [6.07, 6.45) is 8.93. The first-order chi connectivity index (χ1) is 15.7. The highest BCUT2D eigenvalue weighted by Gasteiger charge is 2.24. The lowest BCUT2D eigenvalue weighted by molar-refractivity contribution is 0.351. The van der Waals surface area contributed by atoms with Crippen LogP contribution in [0.3, 0.4) is 0 Å². The van der Waals surface area contributed by atoms with Crippen LogP contribution in [0.15, 0.2) is 36.5 Å². The van der Waals surface area contributed by atoms with Crippen LogP contribution in [0.1, 0.15) is 50.4 Å². The van der Waals surface area contributed by atoms with Crippen molar-refractivity contribution in [2.45, 2.75) is 52.0 Å². The van der Waals surface area contributed by atoms with E-state index in [0.29, 0.717) is 29.4 Å². The van der Waals surface area contributed by atoms with E-state index >= 15 is 0 Å². The fraction of sp³-hybridized carbons (Fsp3) is 0.375. The SMILES string of the molecule is CCn1nccc1-c1c(-c2ccccc2C#N)nc(N)n2nc(CC3CCCCC3)nc12. The number of fused-ring (bicyclic) bond motifs is 1. The molecule has 0 saturated heterocycles. The van der Waals surface area contributed by atoms with Crippen LogP contribution >= 0.6 is 0 Å². The van der Waals surface area contributed by atoms with Gasteiger partial charge in [-0.15, -0.1) is 5.10 Å². The predicted molar refractivity (Wildman–Crippen MR) is 123 cm³/mol. The molecule has 0 bridgehead atoms. The Morgan fingerprint density at radius 2 is 1.94 bits per heavy atom. The van der Waals surface area contributed by atoms with Crippen molar-refractivity contribution in [1.29, 1.82) is 5.26 Å². The summed E-state index contributed by atoms with van der Waals surface area (Å²) in [5.41, 5.74) is 10.6. The van der Waals surface area contributed by atoms with Crippen molar-refractivity contribution in [2.75, 3.05) is 5.73 Å². The van der Waals surface area contributed by atoms with E-state index in [-0.39, 0.29) is 5.95 Å². The highest BCUT2D eigenvalue weighted by atomic mass is 15.4. The van der Waals surface area contributed by atoms with Crippen LogP contribution in [0, 0.1) is 17.2 Å². The topological polar surface area (TPSA) is 111 Å². The van der Waals surface area contributed by atoms with E-state index in [9.17, 15) is 5.26 Å². The van der Waals surface area contributed by atoms with Gasteiger partial charge in [0.15, 0.2) is 11.5 Å². The average Bonchev–Trinajstić information content (AvgIpc) is 3.47. The molecule has 5 rings (SSSR count). The molecule has 1 aromatic carbocycles. The summed E-state index contributed by atoms with van der Waals surface area (Å²) in [6, 6.07) is 11.7. The maximum Gasteiger partial charge on any atom is 0.223 e. The minimum absolute atomic E-state index is 0.261. The molecule has 0 amide bonds. The van der Waals surface area contributed by atoms with Gasteiger partial charge in [0.1, 0.15) is 0 Å². The van der Waals surface area contributed by atoms with Crippen LogP contribution in [0.2, 0.25) is 0 Å². The van der Waals surface area contributed by atoms with Crippen LogP contribution in [-0.4, -0.2) is 29.4 Å². The fourth-order valence-electron chi connectivity index (χ4n) is 4.75. The Bertz CT molecular complexity index is 1300. The van der Waals surface area contributed by atoms with Gasteiger partial charge in [0, 0.05) is 24.7 Å². The Balaban J connectivity index is 1.74. The first-order valence-corrected chi connectivity index (χ1v) is 11.3. The van der Waals surface area contributed by atoms with Crippen LogP contribution < -0.4 is 5.73 Å². The third-order valence-electron chi connectivity index (χ3n) is 6.33. The lowest BCUT2D eigenvalue weighted by Gasteiger charge is -2.19. The Hall–Kier alpha value is -3.73. The molecular formula is C24H26N8. The molecule has 1 saturated carbocycles. The van der Waals surface area contributed by atoms with Crippen LogP contribution in [0.25, 0.3) is 28.2 Å². The zero-order valence-electron chi connectivity index (χ0n) is 18.2. The molecule has 4 aromatic rings. The van der Waals surface area contributed by atoms with E-state index in [4.69, 9.17) is 20.8 Å². The van der Waals surface area contributed by atoms with E-state index in [1.807, 2.05) is 35.9 Å². The molecule has 32 heavy (non-hydrogen) atoms. The number of anilines is 1. The number of hydrogen-bond donors (Lipinski definition) is 1. The molecule has 0 atom stereocenters. The zero-order valence-corrected chi connectivity index (χ0v) is 18.2. The molecule has 0 aliphatic heterocycles. The molecule has 0 unspecified atom stereocenters. The van der Waals surface area contributed by atoms with E-state index in [2.05, 4.69) is 11.2 Å². The minimum atomic E-state index is 0.261. The van der Waals surface area contributed by atoms with Gasteiger partial charge in [-0.3, -0.25) is 4.68 Å². The molecule has 2 N–H and O–H groups in total. The molecule has 1 aliphatic carbocycles. The van der Waals surface area contributed by atoms with Gasteiger partial charge in [-0.2, -0.15) is 14.9 Å². The Morgan fingerprint density at radius 1 is 1.12 bits per heavy atom. The van der Waals surface area contributed by atoms with Crippen molar-refractivity contribution in [3.63, 3.8) is 0 Å². The molecule has 8 heteroatoms. The number of aryl methyl sites for hydroxylation is 1. The molecule has 8 nitrogen and oxygen atoms in total. The second-order valence-electron chi connectivity index (χ2n) is 8.35. The number of nitrogen functional groups attached to an aromatic ring is 1. The highest BCUT2D eigenvalue weighted by molar-refractivity contribution is 5.90. The van der Waals surface area contributed by atoms with Gasteiger partial charge in [0.2, 0.25) is 5.95 Å². The molecule has 3 aromatic heterocycles. The van der Waals surface area contributed by atoms with Crippen LogP contribution in [0.4, 0.5) is 5.95 Å². The van der Waals surface area contributed by atoms with E-state index < -0.39 is 0 Å². The normalized spacial score (nSPS) is 14.6. The Kier molecular flexibility index (Phi) is 5.31. The van der Waals surface area contributed by atoms with Crippen molar-refractivity contribution in [2.24, 2.45) is 5.92 Å². The molecule has 3 heterocycles. The maximum atomic E-state index is 9.71. The lowest BCUT2D eigenvalue weighted by Crippen LogP contribution is -2.10. The largest absolute Gasteiger partial charge is 0.368 e. The molecule has 0 radical (unpaired) electrons. The standard InChI is InChI=1S/C24H26N8/c1-2-31-19(12-13-27-31)21-22(18-11-7-6-10-17(18)15-25)29-24(26)32-23(21)28-20(30-32)14-16-8-4-3-5-9-16/h6-7,10-13,16H,2-5,8-9,14H2,1H3,(H2,26,29). The highest BCUT2D eigenvalue weighted by Crippen LogP contribution is 2.36. The first kappa shape index (κ1) is 20.2. The number of nitrogens with zero attached hydrogens (tertiary/aromatic N) is 7. The monoisotopic (exact) mass is 426 g/mol. The summed E-state index contributed by atoms with van der Waals surface area (Å²) >= 11 is 0. The van der Waals surface area contributed by atoms with E-state index in [1.165, 1.54) is 32.1 Å². The number of benzene rings is 1. The zero-order chi connectivity index (χ0) is 22.1. The molecule has 1 aliphatic rings. The van der Waals surface area contributed by atoms with Gasteiger partial charge >= 0.3 is 0 Å². The third-order valence-corrected chi connectivity index (χ3v) is 6.33. The van der Waals surface area contributed by atoms with Crippen LogP contribution in [0.5, 0.6) is 0 Å². The second-order valence-corrected chi connectivity index (χ2v) is 8.35. The van der Waals surface area contributed by atoms with Crippen molar-refractivity contribution < 1.29 is 0 Å². The summed E-state index contributed by atoms with van der Waals surface area (Å²) in [7, 11) is 0. The average molecular weight is 427 g/mol. The summed E-state index contributed by atoms with van der Waals surface area (Å²) in [5.74, 6) is 1.66. The predicted octanol–water partition coefficient (Wildman–Crippen LogP) is 4.25. The van der Waals surface area contributed by atoms with Crippen molar-refractivity contribution in [1.82, 2.24) is 29.4 Å². The fourth-order valence-corrected chi connectivity index (χ4v) is 4.75. The van der Waals surface area contributed by atoms with Gasteiger partial charge in [-0.1, -0.05) is 50.3 Å². The van der Waals surface area contributed by atoms with Crippen molar-refractivity contribution in [3.8, 4) is 28.6 Å². The number of nitriles is 1. The smallest absolute Gasteiger partial charge is 0.223 e. The lowest BCUT2D eigenvalue weighted by atomic mass is 9.87. The molecule has 162 valence electrons. The Morgan fingerprint density at radius 3 is 2.72 bits per heavy atom. The summed E-state index contributed by atoms with van der Waals surface area (Å²) < 4.78 is 3.54.